The highest BCUT2D eigenvalue weighted by atomic mass is 16.5. The summed E-state index contributed by atoms with van der Waals surface area (Å²) >= 11 is 0. The van der Waals surface area contributed by atoms with E-state index >= 15 is 0 Å². The number of nitrogens with zero attached hydrogens (tertiary/aromatic N) is 2. The Morgan fingerprint density at radius 2 is 1.69 bits per heavy atom. The van der Waals surface area contributed by atoms with Gasteiger partial charge in [-0.25, -0.2) is 4.98 Å². The van der Waals surface area contributed by atoms with Crippen molar-refractivity contribution in [2.24, 2.45) is 5.92 Å². The molecule has 6 heteroatoms. The number of methoxy groups -OCH3 is 2. The Hall–Kier alpha value is -2.50. The molecule has 0 aliphatic heterocycles. The van der Waals surface area contributed by atoms with Crippen LogP contribution < -0.4 is 20.5 Å². The van der Waals surface area contributed by atoms with Gasteiger partial charge in [-0.2, -0.15) is 4.98 Å². The van der Waals surface area contributed by atoms with Gasteiger partial charge in [-0.3, -0.25) is 0 Å². The molecule has 1 heterocycles. The summed E-state index contributed by atoms with van der Waals surface area (Å²) in [6.45, 7) is 9.47. The number of anilines is 2. The second-order valence-corrected chi connectivity index (χ2v) is 7.11. The average Bonchev–Trinajstić information content (AvgIpc) is 2.60. The van der Waals surface area contributed by atoms with Crippen LogP contribution in [0.3, 0.4) is 0 Å². The number of hydrogen-bond acceptors (Lipinski definition) is 6. The van der Waals surface area contributed by atoms with Crippen molar-refractivity contribution in [2.75, 3.05) is 31.8 Å². The number of nitrogens with one attached hydrogen (secondary N) is 1. The van der Waals surface area contributed by atoms with Gasteiger partial charge in [-0.05, 0) is 35.1 Å². The van der Waals surface area contributed by atoms with Crippen molar-refractivity contribution >= 4 is 11.8 Å². The van der Waals surface area contributed by atoms with Crippen LogP contribution >= 0.6 is 0 Å². The maximum atomic E-state index is 5.79. The number of ether oxygens (including phenoxy) is 2. The van der Waals surface area contributed by atoms with Crippen molar-refractivity contribution in [3.05, 3.63) is 35.0 Å². The first-order valence-electron chi connectivity index (χ1n) is 8.95. The van der Waals surface area contributed by atoms with Gasteiger partial charge in [-0.1, -0.05) is 27.7 Å². The largest absolute Gasteiger partial charge is 0.493 e. The van der Waals surface area contributed by atoms with Crippen LogP contribution in [0.2, 0.25) is 0 Å². The molecule has 0 spiro atoms. The van der Waals surface area contributed by atoms with Gasteiger partial charge in [0.2, 0.25) is 5.95 Å². The van der Waals surface area contributed by atoms with Crippen molar-refractivity contribution in [1.29, 1.82) is 0 Å². The lowest BCUT2D eigenvalue weighted by Gasteiger charge is -2.19. The Kier molecular flexibility index (Phi) is 6.66. The van der Waals surface area contributed by atoms with E-state index in [9.17, 15) is 0 Å². The lowest BCUT2D eigenvalue weighted by Crippen LogP contribution is -2.13. The quantitative estimate of drug-likeness (QED) is 0.746. The van der Waals surface area contributed by atoms with Crippen LogP contribution in [0.5, 0.6) is 11.5 Å². The standard InChI is InChI=1S/C20H30N4O2/c1-12(2)10-22-19-15(11-23-20(21)24-19)7-14-8-17(25-5)18(26-6)9-16(14)13(3)4/h8-9,11-13H,7,10H2,1-6H3,(H3,21,22,23,24). The van der Waals surface area contributed by atoms with Crippen molar-refractivity contribution in [1.82, 2.24) is 9.97 Å². The Bertz CT molecular complexity index is 745. The molecule has 0 atom stereocenters. The molecule has 0 radical (unpaired) electrons. The molecule has 0 fully saturated rings. The summed E-state index contributed by atoms with van der Waals surface area (Å²) < 4.78 is 10.9. The minimum atomic E-state index is 0.274. The molecule has 6 nitrogen and oxygen atoms in total. The van der Waals surface area contributed by atoms with Crippen LogP contribution in [0, 0.1) is 5.92 Å². The summed E-state index contributed by atoms with van der Waals surface area (Å²) in [5.41, 5.74) is 9.18. The highest BCUT2D eigenvalue weighted by Gasteiger charge is 2.16. The SMILES string of the molecule is COc1cc(Cc2cnc(N)nc2NCC(C)C)c(C(C)C)cc1OC. The number of nitrogen functional groups attached to an aromatic ring is 1. The van der Waals surface area contributed by atoms with Crippen molar-refractivity contribution in [3.63, 3.8) is 0 Å². The van der Waals surface area contributed by atoms with Crippen LogP contribution in [-0.2, 0) is 6.42 Å². The highest BCUT2D eigenvalue weighted by molar-refractivity contribution is 5.53. The third-order valence-electron chi connectivity index (χ3n) is 4.21. The number of benzene rings is 1. The van der Waals surface area contributed by atoms with Gasteiger partial charge in [0.15, 0.2) is 11.5 Å². The Labute approximate surface area is 156 Å². The molecule has 0 bridgehead atoms. The molecule has 0 amide bonds. The van der Waals surface area contributed by atoms with E-state index in [0.29, 0.717) is 18.3 Å². The summed E-state index contributed by atoms with van der Waals surface area (Å²) in [6, 6.07) is 4.09. The fourth-order valence-electron chi connectivity index (χ4n) is 2.84. The summed E-state index contributed by atoms with van der Waals surface area (Å²) in [5, 5.41) is 3.39. The van der Waals surface area contributed by atoms with E-state index in [2.05, 4.69) is 49.0 Å². The first-order chi connectivity index (χ1) is 12.3. The fraction of sp³-hybridized carbons (Fsp3) is 0.500. The molecule has 0 saturated carbocycles. The van der Waals surface area contributed by atoms with E-state index < -0.39 is 0 Å². The topological polar surface area (TPSA) is 82.3 Å². The van der Waals surface area contributed by atoms with E-state index in [0.717, 1.165) is 29.4 Å². The molecule has 142 valence electrons. The maximum absolute atomic E-state index is 5.79. The zero-order chi connectivity index (χ0) is 19.3. The fourth-order valence-corrected chi connectivity index (χ4v) is 2.84. The highest BCUT2D eigenvalue weighted by Crippen LogP contribution is 2.35. The monoisotopic (exact) mass is 358 g/mol. The minimum absolute atomic E-state index is 0.274. The normalized spacial score (nSPS) is 11.1. The number of aromatic nitrogens is 2. The summed E-state index contributed by atoms with van der Waals surface area (Å²) in [4.78, 5) is 8.58. The Balaban J connectivity index is 2.44. The zero-order valence-electron chi connectivity index (χ0n) is 16.6. The van der Waals surface area contributed by atoms with E-state index in [4.69, 9.17) is 15.2 Å². The number of hydrogen-bond donors (Lipinski definition) is 2. The van der Waals surface area contributed by atoms with Crippen molar-refractivity contribution in [3.8, 4) is 11.5 Å². The molecule has 0 aliphatic rings. The van der Waals surface area contributed by atoms with Crippen LogP contribution in [0.4, 0.5) is 11.8 Å². The van der Waals surface area contributed by atoms with Crippen LogP contribution in [0.1, 0.15) is 50.3 Å². The second kappa shape index (κ2) is 8.74. The van der Waals surface area contributed by atoms with Crippen molar-refractivity contribution < 1.29 is 9.47 Å². The average molecular weight is 358 g/mol. The third-order valence-corrected chi connectivity index (χ3v) is 4.21. The predicted octanol–water partition coefficient (Wildman–Crippen LogP) is 3.86. The Morgan fingerprint density at radius 1 is 1.04 bits per heavy atom. The molecule has 0 unspecified atom stereocenters. The summed E-state index contributed by atoms with van der Waals surface area (Å²) in [6.07, 6.45) is 2.49. The van der Waals surface area contributed by atoms with Gasteiger partial charge in [0, 0.05) is 24.7 Å². The number of nitrogens with two attached hydrogens (primary N) is 1. The van der Waals surface area contributed by atoms with E-state index in [1.54, 1.807) is 20.4 Å². The molecule has 3 N–H and O–H groups in total. The molecule has 2 rings (SSSR count). The molecule has 1 aromatic heterocycles. The zero-order valence-corrected chi connectivity index (χ0v) is 16.6. The van der Waals surface area contributed by atoms with Gasteiger partial charge >= 0.3 is 0 Å². The van der Waals surface area contributed by atoms with Crippen LogP contribution in [-0.4, -0.2) is 30.7 Å². The number of rotatable bonds is 8. The van der Waals surface area contributed by atoms with E-state index in [-0.39, 0.29) is 5.95 Å². The predicted molar refractivity (Wildman–Crippen MR) is 106 cm³/mol. The van der Waals surface area contributed by atoms with Crippen LogP contribution in [0.15, 0.2) is 18.3 Å². The lowest BCUT2D eigenvalue weighted by atomic mass is 9.92. The molecule has 0 saturated heterocycles. The first kappa shape index (κ1) is 19.8. The molecular formula is C20H30N4O2. The van der Waals surface area contributed by atoms with E-state index in [1.165, 1.54) is 11.1 Å². The van der Waals surface area contributed by atoms with Crippen molar-refractivity contribution in [2.45, 2.75) is 40.0 Å². The summed E-state index contributed by atoms with van der Waals surface area (Å²) in [5.74, 6) is 3.39. The van der Waals surface area contributed by atoms with E-state index in [1.807, 2.05) is 6.07 Å². The molecule has 1 aromatic carbocycles. The molecular weight excluding hydrogens is 328 g/mol. The van der Waals surface area contributed by atoms with Gasteiger partial charge in [-0.15, -0.1) is 0 Å². The third kappa shape index (κ3) is 4.77. The maximum Gasteiger partial charge on any atom is 0.221 e. The lowest BCUT2D eigenvalue weighted by molar-refractivity contribution is 0.354. The Morgan fingerprint density at radius 3 is 2.27 bits per heavy atom. The molecule has 26 heavy (non-hydrogen) atoms. The van der Waals surface area contributed by atoms with Crippen LogP contribution in [0.25, 0.3) is 0 Å². The smallest absolute Gasteiger partial charge is 0.221 e. The second-order valence-electron chi connectivity index (χ2n) is 7.11. The summed E-state index contributed by atoms with van der Waals surface area (Å²) in [7, 11) is 3.31. The van der Waals surface area contributed by atoms with Gasteiger partial charge in [0.25, 0.3) is 0 Å². The molecule has 2 aromatic rings. The van der Waals surface area contributed by atoms with Gasteiger partial charge in [0.05, 0.1) is 14.2 Å². The van der Waals surface area contributed by atoms with Gasteiger partial charge in [0.1, 0.15) is 5.82 Å². The molecule has 0 aliphatic carbocycles. The minimum Gasteiger partial charge on any atom is -0.493 e. The van der Waals surface area contributed by atoms with Gasteiger partial charge < -0.3 is 20.5 Å². The first-order valence-corrected chi connectivity index (χ1v) is 8.95.